The second-order valence-electron chi connectivity index (χ2n) is 6.91. The molecule has 1 heterocycles. The summed E-state index contributed by atoms with van der Waals surface area (Å²) in [5, 5.41) is 11.8. The normalized spacial score (nSPS) is 23.1. The molecule has 1 fully saturated rings. The number of nitrogens with zero attached hydrogens (tertiary/aromatic N) is 4. The van der Waals surface area contributed by atoms with Crippen LogP contribution in [-0.2, 0) is 13.1 Å². The molecule has 1 aromatic rings. The summed E-state index contributed by atoms with van der Waals surface area (Å²) in [5.74, 6) is 0.881. The van der Waals surface area contributed by atoms with Crippen molar-refractivity contribution in [2.75, 3.05) is 13.6 Å². The molecule has 0 amide bonds. The van der Waals surface area contributed by atoms with Crippen LogP contribution >= 0.6 is 0 Å². The van der Waals surface area contributed by atoms with Crippen LogP contribution in [0.1, 0.15) is 52.1 Å². The van der Waals surface area contributed by atoms with Gasteiger partial charge in [0.25, 0.3) is 0 Å². The lowest BCUT2D eigenvalue weighted by molar-refractivity contribution is 0.158. The van der Waals surface area contributed by atoms with Crippen molar-refractivity contribution in [1.29, 1.82) is 0 Å². The SMILES string of the molecule is CC1CCCC(N(C)CCn2cc(CNC(C)C)nn2)C1. The topological polar surface area (TPSA) is 46.0 Å². The van der Waals surface area contributed by atoms with Crippen molar-refractivity contribution in [3.63, 3.8) is 0 Å². The van der Waals surface area contributed by atoms with E-state index in [1.807, 2.05) is 4.68 Å². The molecule has 2 rings (SSSR count). The van der Waals surface area contributed by atoms with E-state index in [0.717, 1.165) is 37.3 Å². The predicted molar refractivity (Wildman–Crippen MR) is 86.0 cm³/mol. The molecule has 120 valence electrons. The number of nitrogens with one attached hydrogen (secondary N) is 1. The number of hydrogen-bond acceptors (Lipinski definition) is 4. The number of aromatic nitrogens is 3. The maximum Gasteiger partial charge on any atom is 0.0964 e. The Bertz CT molecular complexity index is 415. The summed E-state index contributed by atoms with van der Waals surface area (Å²) < 4.78 is 1.97. The van der Waals surface area contributed by atoms with Gasteiger partial charge >= 0.3 is 0 Å². The quantitative estimate of drug-likeness (QED) is 0.838. The lowest BCUT2D eigenvalue weighted by Gasteiger charge is -2.34. The Labute approximate surface area is 129 Å². The van der Waals surface area contributed by atoms with Crippen molar-refractivity contribution >= 4 is 0 Å². The van der Waals surface area contributed by atoms with Crippen LogP contribution in [0.4, 0.5) is 0 Å². The molecular weight excluding hydrogens is 262 g/mol. The first kappa shape index (κ1) is 16.4. The third kappa shape index (κ3) is 5.40. The van der Waals surface area contributed by atoms with Gasteiger partial charge in [-0.25, -0.2) is 0 Å². The van der Waals surface area contributed by atoms with Crippen LogP contribution in [0.5, 0.6) is 0 Å². The molecule has 0 spiro atoms. The second-order valence-corrected chi connectivity index (χ2v) is 6.91. The van der Waals surface area contributed by atoms with E-state index >= 15 is 0 Å². The lowest BCUT2D eigenvalue weighted by Crippen LogP contribution is -2.37. The molecule has 1 aromatic heterocycles. The van der Waals surface area contributed by atoms with Gasteiger partial charge in [0, 0.05) is 31.4 Å². The Morgan fingerprint density at radius 1 is 1.43 bits per heavy atom. The summed E-state index contributed by atoms with van der Waals surface area (Å²) in [6.45, 7) is 9.45. The Hall–Kier alpha value is -0.940. The highest BCUT2D eigenvalue weighted by atomic mass is 15.4. The van der Waals surface area contributed by atoms with E-state index < -0.39 is 0 Å². The van der Waals surface area contributed by atoms with E-state index in [-0.39, 0.29) is 0 Å². The number of rotatable bonds is 7. The van der Waals surface area contributed by atoms with Gasteiger partial charge in [-0.3, -0.25) is 4.68 Å². The van der Waals surface area contributed by atoms with Gasteiger partial charge in [-0.1, -0.05) is 38.8 Å². The predicted octanol–water partition coefficient (Wildman–Crippen LogP) is 2.29. The van der Waals surface area contributed by atoms with E-state index in [9.17, 15) is 0 Å². The van der Waals surface area contributed by atoms with Gasteiger partial charge < -0.3 is 10.2 Å². The van der Waals surface area contributed by atoms with Crippen molar-refractivity contribution in [3.05, 3.63) is 11.9 Å². The minimum Gasteiger partial charge on any atom is -0.309 e. The number of hydrogen-bond donors (Lipinski definition) is 1. The van der Waals surface area contributed by atoms with Gasteiger partial charge in [0.05, 0.1) is 12.2 Å². The Kier molecular flexibility index (Phi) is 6.18. The zero-order valence-corrected chi connectivity index (χ0v) is 14.0. The zero-order valence-electron chi connectivity index (χ0n) is 14.0. The molecule has 1 aliphatic carbocycles. The first-order valence-corrected chi connectivity index (χ1v) is 8.37. The van der Waals surface area contributed by atoms with Crippen molar-refractivity contribution in [2.24, 2.45) is 5.92 Å². The second kappa shape index (κ2) is 7.90. The molecule has 21 heavy (non-hydrogen) atoms. The van der Waals surface area contributed by atoms with Gasteiger partial charge in [-0.05, 0) is 25.8 Å². The van der Waals surface area contributed by atoms with Crippen LogP contribution in [0.3, 0.4) is 0 Å². The van der Waals surface area contributed by atoms with Gasteiger partial charge in [-0.15, -0.1) is 5.10 Å². The highest BCUT2D eigenvalue weighted by Crippen LogP contribution is 2.26. The summed E-state index contributed by atoms with van der Waals surface area (Å²) in [7, 11) is 2.25. The van der Waals surface area contributed by atoms with Crippen molar-refractivity contribution < 1.29 is 0 Å². The molecule has 2 unspecified atom stereocenters. The first-order valence-electron chi connectivity index (χ1n) is 8.37. The van der Waals surface area contributed by atoms with Crippen molar-refractivity contribution in [1.82, 2.24) is 25.2 Å². The average Bonchev–Trinajstić information content (AvgIpc) is 2.90. The van der Waals surface area contributed by atoms with Crippen molar-refractivity contribution in [2.45, 2.75) is 71.6 Å². The van der Waals surface area contributed by atoms with Crippen LogP contribution in [0.25, 0.3) is 0 Å². The molecule has 2 atom stereocenters. The summed E-state index contributed by atoms with van der Waals surface area (Å²) in [6.07, 6.45) is 7.54. The summed E-state index contributed by atoms with van der Waals surface area (Å²) in [5.41, 5.74) is 1.03. The Balaban J connectivity index is 1.74. The Morgan fingerprint density at radius 3 is 2.95 bits per heavy atom. The lowest BCUT2D eigenvalue weighted by atomic mass is 9.86. The third-order valence-corrected chi connectivity index (χ3v) is 4.49. The molecule has 5 nitrogen and oxygen atoms in total. The van der Waals surface area contributed by atoms with Crippen LogP contribution in [0, 0.1) is 5.92 Å². The van der Waals surface area contributed by atoms with Crippen LogP contribution in [-0.4, -0.2) is 45.6 Å². The molecule has 0 bridgehead atoms. The maximum absolute atomic E-state index is 4.23. The molecule has 1 saturated carbocycles. The van der Waals surface area contributed by atoms with E-state index in [4.69, 9.17) is 0 Å². The van der Waals surface area contributed by atoms with Gasteiger partial charge in [0.1, 0.15) is 0 Å². The average molecular weight is 293 g/mol. The number of likely N-dealkylation sites (N-methyl/N-ethyl adjacent to an activating group) is 1. The molecule has 0 saturated heterocycles. The smallest absolute Gasteiger partial charge is 0.0964 e. The van der Waals surface area contributed by atoms with E-state index in [1.165, 1.54) is 25.7 Å². The standard InChI is InChI=1S/C16H31N5/c1-13(2)17-11-15-12-21(19-18-15)9-8-20(4)16-7-5-6-14(3)10-16/h12-14,16-17H,5-11H2,1-4H3. The largest absolute Gasteiger partial charge is 0.309 e. The van der Waals surface area contributed by atoms with Crippen LogP contribution in [0.2, 0.25) is 0 Å². The molecular formula is C16H31N5. The zero-order chi connectivity index (χ0) is 15.2. The first-order chi connectivity index (χ1) is 10.0. The fraction of sp³-hybridized carbons (Fsp3) is 0.875. The molecule has 1 aliphatic rings. The maximum atomic E-state index is 4.23. The summed E-state index contributed by atoms with van der Waals surface area (Å²) >= 11 is 0. The van der Waals surface area contributed by atoms with E-state index in [2.05, 4.69) is 54.5 Å². The minimum atomic E-state index is 0.481. The molecule has 0 radical (unpaired) electrons. The van der Waals surface area contributed by atoms with Crippen LogP contribution in [0.15, 0.2) is 6.20 Å². The highest BCUT2D eigenvalue weighted by molar-refractivity contribution is 4.92. The molecule has 0 aliphatic heterocycles. The Morgan fingerprint density at radius 2 is 2.24 bits per heavy atom. The summed E-state index contributed by atoms with van der Waals surface area (Å²) in [4.78, 5) is 2.50. The molecule has 5 heteroatoms. The molecule has 1 N–H and O–H groups in total. The van der Waals surface area contributed by atoms with Gasteiger partial charge in [0.15, 0.2) is 0 Å². The van der Waals surface area contributed by atoms with E-state index in [1.54, 1.807) is 0 Å². The minimum absolute atomic E-state index is 0.481. The van der Waals surface area contributed by atoms with Crippen LogP contribution < -0.4 is 5.32 Å². The monoisotopic (exact) mass is 293 g/mol. The fourth-order valence-corrected chi connectivity index (χ4v) is 3.08. The van der Waals surface area contributed by atoms with Gasteiger partial charge in [-0.2, -0.15) is 0 Å². The third-order valence-electron chi connectivity index (χ3n) is 4.49. The fourth-order valence-electron chi connectivity index (χ4n) is 3.08. The summed E-state index contributed by atoms with van der Waals surface area (Å²) in [6, 6.07) is 1.23. The van der Waals surface area contributed by atoms with E-state index in [0.29, 0.717) is 6.04 Å². The highest BCUT2D eigenvalue weighted by Gasteiger charge is 2.22. The van der Waals surface area contributed by atoms with Crippen molar-refractivity contribution in [3.8, 4) is 0 Å². The molecule has 0 aromatic carbocycles. The van der Waals surface area contributed by atoms with Gasteiger partial charge in [0.2, 0.25) is 0 Å².